The van der Waals surface area contributed by atoms with Crippen LogP contribution in [0.1, 0.15) is 47.4 Å². The summed E-state index contributed by atoms with van der Waals surface area (Å²) < 4.78 is 8.33. The molecule has 1 N–H and O–H groups in total. The summed E-state index contributed by atoms with van der Waals surface area (Å²) in [5.74, 6) is 1.98. The van der Waals surface area contributed by atoms with Crippen LogP contribution in [0.4, 0.5) is 0 Å². The molecule has 0 aliphatic carbocycles. The normalized spacial score (nSPS) is 11.0. The number of aromatic nitrogens is 2. The van der Waals surface area contributed by atoms with Gasteiger partial charge in [0.25, 0.3) is 5.91 Å². The lowest BCUT2D eigenvalue weighted by Crippen LogP contribution is -2.24. The molecular weight excluding hydrogens is 458 g/mol. The number of carbonyl (C=O) groups excluding carboxylic acids is 1. The highest BCUT2D eigenvalue weighted by atomic mass is 35.5. The van der Waals surface area contributed by atoms with Gasteiger partial charge in [0.2, 0.25) is 0 Å². The number of unbranched alkanes of at least 4 members (excludes halogenated alkanes) is 2. The van der Waals surface area contributed by atoms with Crippen molar-refractivity contribution in [3.05, 3.63) is 94.8 Å². The van der Waals surface area contributed by atoms with Crippen molar-refractivity contribution >= 4 is 28.5 Å². The van der Waals surface area contributed by atoms with Gasteiger partial charge in [-0.25, -0.2) is 4.98 Å². The molecule has 4 aromatic rings. The minimum absolute atomic E-state index is 0.0813. The maximum Gasteiger partial charge on any atom is 0.251 e. The van der Waals surface area contributed by atoms with Gasteiger partial charge in [0, 0.05) is 30.1 Å². The summed E-state index contributed by atoms with van der Waals surface area (Å²) in [5.41, 5.74) is 3.96. The van der Waals surface area contributed by atoms with Crippen LogP contribution in [0.25, 0.3) is 11.0 Å². The number of benzene rings is 3. The first-order valence-corrected chi connectivity index (χ1v) is 12.7. The van der Waals surface area contributed by atoms with Crippen molar-refractivity contribution in [1.29, 1.82) is 0 Å². The van der Waals surface area contributed by atoms with E-state index in [4.69, 9.17) is 21.3 Å². The van der Waals surface area contributed by atoms with Crippen LogP contribution in [0.2, 0.25) is 5.02 Å². The fourth-order valence-corrected chi connectivity index (χ4v) is 4.40. The van der Waals surface area contributed by atoms with Crippen molar-refractivity contribution in [3.8, 4) is 5.75 Å². The Labute approximate surface area is 212 Å². The van der Waals surface area contributed by atoms with E-state index in [2.05, 4.69) is 41.1 Å². The molecule has 6 heteroatoms. The van der Waals surface area contributed by atoms with E-state index in [1.54, 1.807) is 24.3 Å². The molecule has 0 atom stereocenters. The van der Waals surface area contributed by atoms with Crippen molar-refractivity contribution in [3.63, 3.8) is 0 Å². The van der Waals surface area contributed by atoms with E-state index >= 15 is 0 Å². The Hall–Kier alpha value is -3.31. The van der Waals surface area contributed by atoms with Gasteiger partial charge in [0.15, 0.2) is 0 Å². The summed E-state index contributed by atoms with van der Waals surface area (Å²) in [6.07, 6.45) is 4.80. The Morgan fingerprint density at radius 1 is 0.971 bits per heavy atom. The van der Waals surface area contributed by atoms with E-state index in [0.29, 0.717) is 23.7 Å². The minimum atomic E-state index is -0.0813. The van der Waals surface area contributed by atoms with E-state index in [-0.39, 0.29) is 5.91 Å². The molecule has 1 amide bonds. The fourth-order valence-electron chi connectivity index (χ4n) is 4.21. The zero-order valence-electron chi connectivity index (χ0n) is 20.2. The van der Waals surface area contributed by atoms with Gasteiger partial charge in [-0.2, -0.15) is 0 Å². The first-order valence-electron chi connectivity index (χ1n) is 12.3. The van der Waals surface area contributed by atoms with Crippen LogP contribution in [-0.4, -0.2) is 28.6 Å². The van der Waals surface area contributed by atoms with Crippen molar-refractivity contribution < 1.29 is 9.53 Å². The number of para-hydroxylation sites is 3. The smallest absolute Gasteiger partial charge is 0.251 e. The quantitative estimate of drug-likeness (QED) is 0.228. The summed E-state index contributed by atoms with van der Waals surface area (Å²) in [6.45, 7) is 4.26. The number of hydrogen-bond donors (Lipinski definition) is 1. The third kappa shape index (κ3) is 6.86. The van der Waals surface area contributed by atoms with Gasteiger partial charge in [-0.15, -0.1) is 0 Å². The second kappa shape index (κ2) is 12.4. The van der Waals surface area contributed by atoms with Crippen molar-refractivity contribution in [2.75, 3.05) is 13.2 Å². The van der Waals surface area contributed by atoms with Gasteiger partial charge < -0.3 is 14.6 Å². The number of nitrogens with one attached hydrogen (secondary N) is 1. The first kappa shape index (κ1) is 24.8. The van der Waals surface area contributed by atoms with Gasteiger partial charge >= 0.3 is 0 Å². The highest BCUT2D eigenvalue weighted by Crippen LogP contribution is 2.20. The molecule has 1 heterocycles. The van der Waals surface area contributed by atoms with Crippen LogP contribution < -0.4 is 10.1 Å². The molecule has 0 bridgehead atoms. The average molecular weight is 490 g/mol. The van der Waals surface area contributed by atoms with Crippen LogP contribution in [0, 0.1) is 6.92 Å². The first-order chi connectivity index (χ1) is 17.1. The minimum Gasteiger partial charge on any atom is -0.493 e. The topological polar surface area (TPSA) is 56.1 Å². The predicted molar refractivity (Wildman–Crippen MR) is 142 cm³/mol. The van der Waals surface area contributed by atoms with Gasteiger partial charge in [-0.05, 0) is 68.1 Å². The lowest BCUT2D eigenvalue weighted by atomic mass is 10.1. The van der Waals surface area contributed by atoms with Gasteiger partial charge in [-0.3, -0.25) is 4.79 Å². The third-order valence-corrected chi connectivity index (χ3v) is 6.30. The van der Waals surface area contributed by atoms with Crippen LogP contribution in [0.5, 0.6) is 5.75 Å². The second-order valence-corrected chi connectivity index (χ2v) is 9.15. The fraction of sp³-hybridized carbons (Fsp3) is 0.310. The Morgan fingerprint density at radius 2 is 1.80 bits per heavy atom. The lowest BCUT2D eigenvalue weighted by molar-refractivity contribution is 0.0953. The number of halogens is 1. The summed E-state index contributed by atoms with van der Waals surface area (Å²) in [5, 5.41) is 3.55. The second-order valence-electron chi connectivity index (χ2n) is 8.71. The molecule has 0 saturated carbocycles. The Morgan fingerprint density at radius 3 is 2.66 bits per heavy atom. The Kier molecular flexibility index (Phi) is 8.79. The third-order valence-electron chi connectivity index (χ3n) is 6.06. The molecule has 5 nitrogen and oxygen atoms in total. The van der Waals surface area contributed by atoms with E-state index in [0.717, 1.165) is 61.3 Å². The number of nitrogens with zero attached hydrogens (tertiary/aromatic N) is 2. The highest BCUT2D eigenvalue weighted by molar-refractivity contribution is 6.30. The van der Waals surface area contributed by atoms with Crippen LogP contribution >= 0.6 is 11.6 Å². The van der Waals surface area contributed by atoms with Crippen molar-refractivity contribution in [1.82, 2.24) is 14.9 Å². The largest absolute Gasteiger partial charge is 0.493 e. The number of hydrogen-bond acceptors (Lipinski definition) is 3. The SMILES string of the molecule is Cc1ccccc1OCCCn1c(CCCCCNC(=O)c2cccc(Cl)c2)nc2ccccc21. The molecule has 0 unspecified atom stereocenters. The maximum absolute atomic E-state index is 12.2. The number of imidazole rings is 1. The Bertz CT molecular complexity index is 1270. The number of ether oxygens (including phenoxy) is 1. The number of aryl methyl sites for hydroxylation is 3. The lowest BCUT2D eigenvalue weighted by Gasteiger charge is -2.12. The molecule has 0 radical (unpaired) electrons. The van der Waals surface area contributed by atoms with E-state index < -0.39 is 0 Å². The van der Waals surface area contributed by atoms with E-state index in [1.165, 1.54) is 5.52 Å². The summed E-state index contributed by atoms with van der Waals surface area (Å²) in [7, 11) is 0. The number of rotatable bonds is 12. The zero-order valence-corrected chi connectivity index (χ0v) is 20.9. The van der Waals surface area contributed by atoms with Gasteiger partial charge in [0.1, 0.15) is 11.6 Å². The van der Waals surface area contributed by atoms with Crippen LogP contribution in [0.15, 0.2) is 72.8 Å². The molecule has 0 saturated heterocycles. The van der Waals surface area contributed by atoms with Crippen molar-refractivity contribution in [2.45, 2.75) is 45.6 Å². The maximum atomic E-state index is 12.2. The molecule has 0 fully saturated rings. The zero-order chi connectivity index (χ0) is 24.5. The Balaban J connectivity index is 1.25. The van der Waals surface area contributed by atoms with E-state index in [9.17, 15) is 4.79 Å². The molecule has 0 aliphatic heterocycles. The van der Waals surface area contributed by atoms with Crippen molar-refractivity contribution in [2.24, 2.45) is 0 Å². The molecule has 182 valence electrons. The average Bonchev–Trinajstić information content (AvgIpc) is 3.22. The summed E-state index contributed by atoms with van der Waals surface area (Å²) in [6, 6.07) is 23.5. The number of carbonyl (C=O) groups is 1. The number of fused-ring (bicyclic) bond motifs is 1. The van der Waals surface area contributed by atoms with Crippen LogP contribution in [-0.2, 0) is 13.0 Å². The summed E-state index contributed by atoms with van der Waals surface area (Å²) >= 11 is 5.97. The predicted octanol–water partition coefficient (Wildman–Crippen LogP) is 6.61. The monoisotopic (exact) mass is 489 g/mol. The molecule has 4 rings (SSSR count). The van der Waals surface area contributed by atoms with Gasteiger partial charge in [0.05, 0.1) is 17.6 Å². The molecule has 1 aromatic heterocycles. The summed E-state index contributed by atoms with van der Waals surface area (Å²) in [4.78, 5) is 17.1. The van der Waals surface area contributed by atoms with E-state index in [1.807, 2.05) is 24.3 Å². The molecule has 0 aliphatic rings. The highest BCUT2D eigenvalue weighted by Gasteiger charge is 2.11. The molecule has 35 heavy (non-hydrogen) atoms. The number of amides is 1. The van der Waals surface area contributed by atoms with Gasteiger partial charge in [-0.1, -0.05) is 54.4 Å². The molecule has 3 aromatic carbocycles. The molecule has 0 spiro atoms. The standard InChI is InChI=1S/C29H32ClN3O2/c1-22-11-4-7-16-27(22)35-20-10-19-33-26-15-6-5-14-25(26)32-28(33)17-3-2-8-18-31-29(34)23-12-9-13-24(30)21-23/h4-7,9,11-16,21H,2-3,8,10,17-20H2,1H3,(H,31,34). The molecular formula is C29H32ClN3O2. The van der Waals surface area contributed by atoms with Crippen LogP contribution in [0.3, 0.4) is 0 Å².